The third kappa shape index (κ3) is 4.38. The van der Waals surface area contributed by atoms with E-state index >= 15 is 0 Å². The van der Waals surface area contributed by atoms with Crippen LogP contribution in [0, 0.1) is 0 Å². The molecule has 0 aliphatic carbocycles. The van der Waals surface area contributed by atoms with Gasteiger partial charge in [-0.15, -0.1) is 11.8 Å². The number of thioether (sulfide) groups is 1. The van der Waals surface area contributed by atoms with Crippen LogP contribution in [0.1, 0.15) is 28.9 Å². The van der Waals surface area contributed by atoms with Crippen molar-refractivity contribution in [1.29, 1.82) is 0 Å². The van der Waals surface area contributed by atoms with Crippen molar-refractivity contribution < 1.29 is 14.9 Å². The average Bonchev–Trinajstić information content (AvgIpc) is 3.03. The van der Waals surface area contributed by atoms with E-state index < -0.39 is 0 Å². The van der Waals surface area contributed by atoms with Gasteiger partial charge in [0.15, 0.2) is 0 Å². The molecule has 32 heavy (non-hydrogen) atoms. The maximum Gasteiger partial charge on any atom is 0.140 e. The molecule has 0 unspecified atom stereocenters. The number of hydrogen-bond donors (Lipinski definition) is 2. The Hall–Kier alpha value is -2.83. The van der Waals surface area contributed by atoms with Gasteiger partial charge >= 0.3 is 0 Å². The molecule has 1 fully saturated rings. The Morgan fingerprint density at radius 2 is 1.53 bits per heavy atom. The minimum absolute atomic E-state index is 0.00239. The van der Waals surface area contributed by atoms with Crippen molar-refractivity contribution in [3.05, 3.63) is 77.9 Å². The molecule has 3 aromatic carbocycles. The lowest BCUT2D eigenvalue weighted by Crippen LogP contribution is -2.28. The van der Waals surface area contributed by atoms with Crippen LogP contribution in [-0.4, -0.2) is 48.3 Å². The van der Waals surface area contributed by atoms with Crippen molar-refractivity contribution in [2.45, 2.75) is 22.7 Å². The van der Waals surface area contributed by atoms with Crippen molar-refractivity contribution in [2.75, 3.05) is 38.1 Å². The summed E-state index contributed by atoms with van der Waals surface area (Å²) in [7, 11) is 2.19. The second-order valence-corrected chi connectivity index (χ2v) is 9.72. The van der Waals surface area contributed by atoms with Crippen LogP contribution in [0.15, 0.2) is 71.6 Å². The van der Waals surface area contributed by atoms with E-state index in [-0.39, 0.29) is 22.9 Å². The Balaban J connectivity index is 1.45. The third-order valence-corrected chi connectivity index (χ3v) is 7.58. The van der Waals surface area contributed by atoms with Gasteiger partial charge in [-0.05, 0) is 73.6 Å². The van der Waals surface area contributed by atoms with Crippen LogP contribution in [0.25, 0.3) is 0 Å². The van der Waals surface area contributed by atoms with Crippen LogP contribution < -0.4 is 9.64 Å². The van der Waals surface area contributed by atoms with Crippen LogP contribution in [0.5, 0.6) is 17.2 Å². The molecule has 3 aromatic rings. The SMILES string of the molecule is CN1CCCN(c2ccc([C@@H]3Oc4ccc(O)cc4S[C@@H]3c3ccc(O)cc3)cc2)CC1. The topological polar surface area (TPSA) is 56.2 Å². The average molecular weight is 449 g/mol. The number of aromatic hydroxyl groups is 2. The number of fused-ring (bicyclic) bond motifs is 1. The Morgan fingerprint density at radius 3 is 2.31 bits per heavy atom. The van der Waals surface area contributed by atoms with Crippen molar-refractivity contribution in [3.63, 3.8) is 0 Å². The summed E-state index contributed by atoms with van der Waals surface area (Å²) in [5.41, 5.74) is 3.44. The summed E-state index contributed by atoms with van der Waals surface area (Å²) in [6.07, 6.45) is 0.999. The summed E-state index contributed by atoms with van der Waals surface area (Å²) in [5, 5.41) is 19.7. The van der Waals surface area contributed by atoms with Gasteiger partial charge in [-0.1, -0.05) is 24.3 Å². The fourth-order valence-electron chi connectivity index (χ4n) is 4.41. The lowest BCUT2D eigenvalue weighted by Gasteiger charge is -2.34. The van der Waals surface area contributed by atoms with Crippen LogP contribution >= 0.6 is 11.8 Å². The first-order valence-corrected chi connectivity index (χ1v) is 11.9. The zero-order valence-corrected chi connectivity index (χ0v) is 19.0. The smallest absolute Gasteiger partial charge is 0.140 e. The second kappa shape index (κ2) is 8.96. The maximum absolute atomic E-state index is 9.95. The van der Waals surface area contributed by atoms with E-state index in [9.17, 15) is 10.2 Å². The standard InChI is InChI=1S/C26H28N2O3S/c1-27-13-2-14-28(16-15-27)20-7-3-18(4-8-20)25-26(19-5-9-21(29)10-6-19)32-24-17-22(30)11-12-23(24)31-25/h3-12,17,25-26,29-30H,2,13-16H2,1H3/t25-,26+/m0/s1. The van der Waals surface area contributed by atoms with Gasteiger partial charge in [0.2, 0.25) is 0 Å². The molecule has 166 valence electrons. The highest BCUT2D eigenvalue weighted by Gasteiger charge is 2.33. The molecule has 0 radical (unpaired) electrons. The van der Waals surface area contributed by atoms with E-state index in [4.69, 9.17) is 4.74 Å². The second-order valence-electron chi connectivity index (χ2n) is 8.53. The van der Waals surface area contributed by atoms with E-state index in [2.05, 4.69) is 41.1 Å². The number of hydrogen-bond acceptors (Lipinski definition) is 6. The van der Waals surface area contributed by atoms with Gasteiger partial charge in [-0.2, -0.15) is 0 Å². The lowest BCUT2D eigenvalue weighted by molar-refractivity contribution is 0.190. The summed E-state index contributed by atoms with van der Waals surface area (Å²) in [4.78, 5) is 5.77. The quantitative estimate of drug-likeness (QED) is 0.574. The molecule has 0 spiro atoms. The molecule has 1 saturated heterocycles. The largest absolute Gasteiger partial charge is 0.508 e. The molecule has 6 heteroatoms. The van der Waals surface area contributed by atoms with Gasteiger partial charge in [0.1, 0.15) is 23.4 Å². The van der Waals surface area contributed by atoms with E-state index in [0.717, 1.165) is 48.0 Å². The highest BCUT2D eigenvalue weighted by Crippen LogP contribution is 2.54. The summed E-state index contributed by atoms with van der Waals surface area (Å²) in [6, 6.07) is 21.3. The van der Waals surface area contributed by atoms with Crippen molar-refractivity contribution in [1.82, 2.24) is 4.90 Å². The molecule has 2 aliphatic heterocycles. The number of phenolic OH excluding ortho intramolecular Hbond substituents is 2. The van der Waals surface area contributed by atoms with E-state index in [1.54, 1.807) is 36.0 Å². The van der Waals surface area contributed by atoms with Gasteiger partial charge in [-0.3, -0.25) is 0 Å². The lowest BCUT2D eigenvalue weighted by atomic mass is 9.99. The Labute approximate surface area is 193 Å². The van der Waals surface area contributed by atoms with Gasteiger partial charge in [0.05, 0.1) is 10.1 Å². The minimum atomic E-state index is -0.175. The summed E-state index contributed by atoms with van der Waals surface area (Å²) < 4.78 is 6.47. The minimum Gasteiger partial charge on any atom is -0.508 e. The molecule has 2 heterocycles. The highest BCUT2D eigenvalue weighted by atomic mass is 32.2. The molecule has 5 nitrogen and oxygen atoms in total. The fraction of sp³-hybridized carbons (Fsp3) is 0.308. The number of ether oxygens (including phenoxy) is 1. The van der Waals surface area contributed by atoms with E-state index in [1.165, 1.54) is 12.1 Å². The van der Waals surface area contributed by atoms with Crippen LogP contribution in [0.4, 0.5) is 5.69 Å². The molecular weight excluding hydrogens is 420 g/mol. The Kier molecular flexibility index (Phi) is 5.89. The van der Waals surface area contributed by atoms with E-state index in [0.29, 0.717) is 0 Å². The van der Waals surface area contributed by atoms with Gasteiger partial charge in [0.25, 0.3) is 0 Å². The monoisotopic (exact) mass is 448 g/mol. The molecule has 2 aliphatic rings. The Bertz CT molecular complexity index is 1070. The molecular formula is C26H28N2O3S. The van der Waals surface area contributed by atoms with Crippen molar-refractivity contribution >= 4 is 17.4 Å². The van der Waals surface area contributed by atoms with Crippen LogP contribution in [0.2, 0.25) is 0 Å². The zero-order chi connectivity index (χ0) is 22.1. The number of rotatable bonds is 3. The first-order chi connectivity index (χ1) is 15.6. The van der Waals surface area contributed by atoms with Crippen LogP contribution in [-0.2, 0) is 0 Å². The first kappa shape index (κ1) is 21.0. The summed E-state index contributed by atoms with van der Waals surface area (Å²) in [5.74, 6) is 1.26. The number of phenols is 2. The number of likely N-dealkylation sites (N-methyl/N-ethyl adjacent to an activating group) is 1. The zero-order valence-electron chi connectivity index (χ0n) is 18.1. The molecule has 0 bridgehead atoms. The van der Waals surface area contributed by atoms with Gasteiger partial charge in [0, 0.05) is 25.3 Å². The summed E-state index contributed by atoms with van der Waals surface area (Å²) >= 11 is 1.69. The molecule has 0 aromatic heterocycles. The highest BCUT2D eigenvalue weighted by molar-refractivity contribution is 7.99. The summed E-state index contributed by atoms with van der Waals surface area (Å²) in [6.45, 7) is 4.34. The predicted molar refractivity (Wildman–Crippen MR) is 129 cm³/mol. The van der Waals surface area contributed by atoms with Gasteiger partial charge < -0.3 is 24.7 Å². The number of nitrogens with zero attached hydrogens (tertiary/aromatic N) is 2. The maximum atomic E-state index is 9.95. The van der Waals surface area contributed by atoms with Gasteiger partial charge in [-0.25, -0.2) is 0 Å². The molecule has 2 atom stereocenters. The normalized spacial score (nSPS) is 21.5. The Morgan fingerprint density at radius 1 is 0.812 bits per heavy atom. The van der Waals surface area contributed by atoms with Crippen molar-refractivity contribution in [2.24, 2.45) is 0 Å². The third-order valence-electron chi connectivity index (χ3n) is 6.24. The van der Waals surface area contributed by atoms with Crippen molar-refractivity contribution in [3.8, 4) is 17.2 Å². The molecule has 2 N–H and O–H groups in total. The van der Waals surface area contributed by atoms with Crippen LogP contribution in [0.3, 0.4) is 0 Å². The first-order valence-electron chi connectivity index (χ1n) is 11.1. The fourth-order valence-corrected chi connectivity index (χ4v) is 5.74. The molecule has 5 rings (SSSR count). The number of benzene rings is 3. The van der Waals surface area contributed by atoms with E-state index in [1.807, 2.05) is 18.2 Å². The number of anilines is 1. The predicted octanol–water partition coefficient (Wildman–Crippen LogP) is 5.21. The molecule has 0 saturated carbocycles. The molecule has 0 amide bonds.